The molecule has 1 atom stereocenters. The van der Waals surface area contributed by atoms with Crippen molar-refractivity contribution in [1.29, 1.82) is 0 Å². The van der Waals surface area contributed by atoms with E-state index in [1.54, 1.807) is 0 Å². The Kier molecular flexibility index (Phi) is 4.86. The molecule has 0 heterocycles. The van der Waals surface area contributed by atoms with Gasteiger partial charge in [-0.2, -0.15) is 0 Å². The van der Waals surface area contributed by atoms with E-state index >= 15 is 0 Å². The van der Waals surface area contributed by atoms with Crippen LogP contribution in [0.5, 0.6) is 0 Å². The molecule has 0 aromatic heterocycles. The third-order valence-corrected chi connectivity index (χ3v) is 2.63. The fourth-order valence-corrected chi connectivity index (χ4v) is 0.733. The van der Waals surface area contributed by atoms with Crippen LogP contribution in [0.15, 0.2) is 17.4 Å². The van der Waals surface area contributed by atoms with Crippen LogP contribution >= 0.6 is 0 Å². The maximum absolute atomic E-state index is 5.22. The summed E-state index contributed by atoms with van der Waals surface area (Å²) in [5.41, 5.74) is 2.91. The number of hydrogen-bond acceptors (Lipinski definition) is 2. The van der Waals surface area contributed by atoms with Crippen LogP contribution < -0.4 is 0 Å². The SMILES string of the molecule is C=C[SiH](C)ON=C(C)C(C)C. The molecule has 0 spiro atoms. The van der Waals surface area contributed by atoms with Gasteiger partial charge in [-0.05, 0) is 19.4 Å². The maximum Gasteiger partial charge on any atom is 0.292 e. The van der Waals surface area contributed by atoms with Gasteiger partial charge in [0.2, 0.25) is 0 Å². The fourth-order valence-electron chi connectivity index (χ4n) is 0.315. The normalized spacial score (nSPS) is 14.8. The molecular formula is C8H17NOSi. The monoisotopic (exact) mass is 171 g/mol. The standard InChI is InChI=1S/C8H17NOSi/c1-6-11(5)10-9-8(4)7(2)3/h6-7,11H,1H2,2-5H3. The predicted octanol–water partition coefficient (Wildman–Crippen LogP) is 2.11. The van der Waals surface area contributed by atoms with E-state index < -0.39 is 9.04 Å². The van der Waals surface area contributed by atoms with Gasteiger partial charge in [0.1, 0.15) is 0 Å². The molecule has 0 saturated carbocycles. The van der Waals surface area contributed by atoms with Gasteiger partial charge in [-0.25, -0.2) is 0 Å². The van der Waals surface area contributed by atoms with Gasteiger partial charge in [-0.3, -0.25) is 0 Å². The van der Waals surface area contributed by atoms with Crippen molar-refractivity contribution < 1.29 is 4.53 Å². The minimum atomic E-state index is -1.20. The molecule has 0 bridgehead atoms. The predicted molar refractivity (Wildman–Crippen MR) is 52.2 cm³/mol. The van der Waals surface area contributed by atoms with Crippen LogP contribution in [0.3, 0.4) is 0 Å². The van der Waals surface area contributed by atoms with Gasteiger partial charge >= 0.3 is 0 Å². The number of rotatable bonds is 4. The van der Waals surface area contributed by atoms with E-state index in [4.69, 9.17) is 4.53 Å². The zero-order valence-corrected chi connectivity index (χ0v) is 8.95. The van der Waals surface area contributed by atoms with Crippen molar-refractivity contribution in [3.63, 3.8) is 0 Å². The highest BCUT2D eigenvalue weighted by molar-refractivity contribution is 6.55. The summed E-state index contributed by atoms with van der Waals surface area (Å²) in [6, 6.07) is 0. The van der Waals surface area contributed by atoms with Crippen molar-refractivity contribution in [3.8, 4) is 0 Å². The van der Waals surface area contributed by atoms with E-state index in [1.165, 1.54) is 0 Å². The minimum Gasteiger partial charge on any atom is -0.454 e. The topological polar surface area (TPSA) is 21.6 Å². The highest BCUT2D eigenvalue weighted by Crippen LogP contribution is 1.97. The van der Waals surface area contributed by atoms with Gasteiger partial charge in [0, 0.05) is 0 Å². The van der Waals surface area contributed by atoms with Gasteiger partial charge in [0.05, 0.1) is 5.71 Å². The molecule has 0 radical (unpaired) electrons. The highest BCUT2D eigenvalue weighted by Gasteiger charge is 2.00. The summed E-state index contributed by atoms with van der Waals surface area (Å²) in [5, 5.41) is 4.00. The average Bonchev–Trinajstić information content (AvgIpc) is 1.99. The lowest BCUT2D eigenvalue weighted by atomic mass is 10.1. The summed E-state index contributed by atoms with van der Waals surface area (Å²) in [6.07, 6.45) is 0. The molecule has 11 heavy (non-hydrogen) atoms. The Balaban J connectivity index is 3.81. The third kappa shape index (κ3) is 4.78. The van der Waals surface area contributed by atoms with Crippen LogP contribution in [-0.2, 0) is 4.53 Å². The third-order valence-electron chi connectivity index (χ3n) is 1.53. The molecule has 0 amide bonds. The fraction of sp³-hybridized carbons (Fsp3) is 0.625. The molecule has 3 heteroatoms. The van der Waals surface area contributed by atoms with Crippen molar-refractivity contribution in [3.05, 3.63) is 12.3 Å². The van der Waals surface area contributed by atoms with Crippen LogP contribution in [0, 0.1) is 5.92 Å². The first kappa shape index (κ1) is 10.4. The van der Waals surface area contributed by atoms with Gasteiger partial charge in [-0.1, -0.05) is 19.5 Å². The van der Waals surface area contributed by atoms with Crippen LogP contribution in [0.4, 0.5) is 0 Å². The van der Waals surface area contributed by atoms with Crippen molar-refractivity contribution in [2.75, 3.05) is 0 Å². The second-order valence-electron chi connectivity index (χ2n) is 2.93. The molecule has 0 rings (SSSR count). The van der Waals surface area contributed by atoms with E-state index in [9.17, 15) is 0 Å². The summed E-state index contributed by atoms with van der Waals surface area (Å²) < 4.78 is 5.22. The maximum atomic E-state index is 5.22. The molecular weight excluding hydrogens is 154 g/mol. The second-order valence-corrected chi connectivity index (χ2v) is 5.03. The molecule has 2 nitrogen and oxygen atoms in total. The van der Waals surface area contributed by atoms with Crippen molar-refractivity contribution >= 4 is 14.8 Å². The molecule has 0 fully saturated rings. The Morgan fingerprint density at radius 3 is 2.55 bits per heavy atom. The molecule has 64 valence electrons. The molecule has 0 aliphatic heterocycles. The lowest BCUT2D eigenvalue weighted by Crippen LogP contribution is -2.09. The van der Waals surface area contributed by atoms with Gasteiger partial charge in [0.15, 0.2) is 0 Å². The molecule has 0 aliphatic rings. The first-order chi connectivity index (χ1) is 5.07. The number of oxime groups is 1. The Morgan fingerprint density at radius 2 is 2.18 bits per heavy atom. The Hall–Kier alpha value is -0.573. The largest absolute Gasteiger partial charge is 0.454 e. The van der Waals surface area contributed by atoms with Crippen LogP contribution in [-0.4, -0.2) is 14.8 Å². The van der Waals surface area contributed by atoms with Crippen LogP contribution in [0.25, 0.3) is 0 Å². The molecule has 0 aliphatic carbocycles. The van der Waals surface area contributed by atoms with Crippen LogP contribution in [0.2, 0.25) is 6.55 Å². The van der Waals surface area contributed by atoms with Gasteiger partial charge in [-0.15, -0.1) is 11.7 Å². The molecule has 0 aromatic carbocycles. The Morgan fingerprint density at radius 1 is 1.64 bits per heavy atom. The summed E-state index contributed by atoms with van der Waals surface area (Å²) in [6.45, 7) is 11.9. The summed E-state index contributed by atoms with van der Waals surface area (Å²) in [7, 11) is -1.20. The first-order valence-electron chi connectivity index (χ1n) is 3.90. The average molecular weight is 171 g/mol. The number of nitrogens with zero attached hydrogens (tertiary/aromatic N) is 1. The molecule has 0 N–H and O–H groups in total. The molecule has 0 aromatic rings. The second kappa shape index (κ2) is 5.13. The van der Waals surface area contributed by atoms with E-state index in [2.05, 4.69) is 25.6 Å². The molecule has 0 saturated heterocycles. The van der Waals surface area contributed by atoms with E-state index in [0.717, 1.165) is 5.71 Å². The zero-order valence-electron chi connectivity index (χ0n) is 7.79. The van der Waals surface area contributed by atoms with E-state index in [0.29, 0.717) is 5.92 Å². The van der Waals surface area contributed by atoms with Crippen molar-refractivity contribution in [1.82, 2.24) is 0 Å². The summed E-state index contributed by atoms with van der Waals surface area (Å²) >= 11 is 0. The first-order valence-corrected chi connectivity index (χ1v) is 6.20. The Labute approximate surface area is 70.7 Å². The lowest BCUT2D eigenvalue weighted by molar-refractivity contribution is 0.351. The molecule has 1 unspecified atom stereocenters. The van der Waals surface area contributed by atoms with Crippen molar-refractivity contribution in [2.45, 2.75) is 27.3 Å². The van der Waals surface area contributed by atoms with E-state index in [-0.39, 0.29) is 0 Å². The van der Waals surface area contributed by atoms with Crippen molar-refractivity contribution in [2.24, 2.45) is 11.1 Å². The van der Waals surface area contributed by atoms with Crippen LogP contribution in [0.1, 0.15) is 20.8 Å². The number of hydrogen-bond donors (Lipinski definition) is 0. The zero-order chi connectivity index (χ0) is 8.85. The van der Waals surface area contributed by atoms with E-state index in [1.807, 2.05) is 19.2 Å². The minimum absolute atomic E-state index is 0.473. The highest BCUT2D eigenvalue weighted by atomic mass is 28.3. The summed E-state index contributed by atoms with van der Waals surface area (Å²) in [4.78, 5) is 0. The van der Waals surface area contributed by atoms with Gasteiger partial charge in [0.25, 0.3) is 9.04 Å². The van der Waals surface area contributed by atoms with Gasteiger partial charge < -0.3 is 4.53 Å². The lowest BCUT2D eigenvalue weighted by Gasteiger charge is -2.06. The quantitative estimate of drug-likeness (QED) is 0.361. The smallest absolute Gasteiger partial charge is 0.292 e. The Bertz CT molecular complexity index is 154. The summed E-state index contributed by atoms with van der Waals surface area (Å²) in [5.74, 6) is 0.473.